The predicted octanol–water partition coefficient (Wildman–Crippen LogP) is 4.37. The van der Waals surface area contributed by atoms with Gasteiger partial charge in [0.25, 0.3) is 0 Å². The third-order valence-corrected chi connectivity index (χ3v) is 3.90. The third-order valence-electron chi connectivity index (χ3n) is 3.90. The van der Waals surface area contributed by atoms with E-state index >= 15 is 0 Å². The number of ether oxygens (including phenoxy) is 3. The van der Waals surface area contributed by atoms with Crippen LogP contribution in [0, 0.1) is 11.3 Å². The van der Waals surface area contributed by atoms with E-state index in [1.54, 1.807) is 14.0 Å². The van der Waals surface area contributed by atoms with Gasteiger partial charge in [0, 0.05) is 11.1 Å². The van der Waals surface area contributed by atoms with Gasteiger partial charge in [-0.05, 0) is 49.2 Å². The molecule has 0 aliphatic heterocycles. The zero-order valence-corrected chi connectivity index (χ0v) is 15.8. The van der Waals surface area contributed by atoms with Crippen LogP contribution in [0.4, 0.5) is 0 Å². The first-order valence-electron chi connectivity index (χ1n) is 8.79. The molecule has 0 unspecified atom stereocenters. The zero-order chi connectivity index (χ0) is 19.6. The molecule has 0 saturated heterocycles. The Bertz CT molecular complexity index is 830. The fourth-order valence-corrected chi connectivity index (χ4v) is 2.70. The molecular formula is C22H23NO4. The van der Waals surface area contributed by atoms with Crippen molar-refractivity contribution in [1.82, 2.24) is 0 Å². The number of hydrogen-bond acceptors (Lipinski definition) is 5. The first kappa shape index (κ1) is 20.1. The summed E-state index contributed by atoms with van der Waals surface area (Å²) in [5.41, 5.74) is 2.68. The number of benzene rings is 2. The molecule has 0 amide bonds. The number of esters is 1. The molecule has 0 saturated carbocycles. The first-order chi connectivity index (χ1) is 13.1. The van der Waals surface area contributed by atoms with Crippen molar-refractivity contribution in [2.75, 3.05) is 20.3 Å². The molecule has 140 valence electrons. The molecule has 5 nitrogen and oxygen atoms in total. The number of nitriles is 1. The second-order valence-corrected chi connectivity index (χ2v) is 5.63. The van der Waals surface area contributed by atoms with Crippen molar-refractivity contribution in [2.45, 2.75) is 20.3 Å². The van der Waals surface area contributed by atoms with E-state index in [0.29, 0.717) is 23.5 Å². The Morgan fingerprint density at radius 3 is 1.93 bits per heavy atom. The van der Waals surface area contributed by atoms with Crippen molar-refractivity contribution in [2.24, 2.45) is 0 Å². The second kappa shape index (κ2) is 10.0. The molecule has 0 fully saturated rings. The summed E-state index contributed by atoms with van der Waals surface area (Å²) in [6.45, 7) is 4.51. The van der Waals surface area contributed by atoms with E-state index < -0.39 is 5.97 Å². The van der Waals surface area contributed by atoms with Gasteiger partial charge in [0.05, 0.1) is 32.8 Å². The van der Waals surface area contributed by atoms with Gasteiger partial charge in [0.15, 0.2) is 0 Å². The Balaban J connectivity index is 2.53. The van der Waals surface area contributed by atoms with Gasteiger partial charge in [-0.25, -0.2) is 0 Å². The van der Waals surface area contributed by atoms with Crippen molar-refractivity contribution in [3.8, 4) is 17.6 Å². The summed E-state index contributed by atoms with van der Waals surface area (Å²) in [7, 11) is 1.60. The van der Waals surface area contributed by atoms with Crippen LogP contribution >= 0.6 is 0 Å². The molecule has 5 heteroatoms. The number of rotatable bonds is 8. The predicted molar refractivity (Wildman–Crippen MR) is 103 cm³/mol. The second-order valence-electron chi connectivity index (χ2n) is 5.63. The molecule has 0 bridgehead atoms. The van der Waals surface area contributed by atoms with Gasteiger partial charge in [-0.1, -0.05) is 24.3 Å². The summed E-state index contributed by atoms with van der Waals surface area (Å²) >= 11 is 0. The van der Waals surface area contributed by atoms with Crippen LogP contribution < -0.4 is 9.47 Å². The minimum absolute atomic E-state index is 0.0844. The molecule has 0 aliphatic rings. The van der Waals surface area contributed by atoms with Crippen LogP contribution in [0.25, 0.3) is 5.57 Å². The average Bonchev–Trinajstić information content (AvgIpc) is 2.69. The fraction of sp³-hybridized carbons (Fsp3) is 0.273. The molecule has 0 atom stereocenters. The highest BCUT2D eigenvalue weighted by molar-refractivity contribution is 5.88. The average molecular weight is 365 g/mol. The van der Waals surface area contributed by atoms with E-state index in [0.717, 1.165) is 16.9 Å². The lowest BCUT2D eigenvalue weighted by atomic mass is 9.92. The van der Waals surface area contributed by atoms with E-state index in [2.05, 4.69) is 6.07 Å². The van der Waals surface area contributed by atoms with Gasteiger partial charge in [-0.15, -0.1) is 0 Å². The van der Waals surface area contributed by atoms with E-state index in [9.17, 15) is 10.1 Å². The van der Waals surface area contributed by atoms with Crippen LogP contribution in [-0.4, -0.2) is 26.3 Å². The van der Waals surface area contributed by atoms with Gasteiger partial charge >= 0.3 is 5.97 Å². The lowest BCUT2D eigenvalue weighted by molar-refractivity contribution is -0.142. The molecule has 0 N–H and O–H groups in total. The Hall–Kier alpha value is -3.26. The smallest absolute Gasteiger partial charge is 0.311 e. The van der Waals surface area contributed by atoms with Crippen molar-refractivity contribution in [3.05, 3.63) is 65.2 Å². The largest absolute Gasteiger partial charge is 0.497 e. The summed E-state index contributed by atoms with van der Waals surface area (Å²) in [4.78, 5) is 12.0. The Labute approximate surface area is 159 Å². The van der Waals surface area contributed by atoms with Crippen molar-refractivity contribution in [3.63, 3.8) is 0 Å². The Morgan fingerprint density at radius 1 is 0.926 bits per heavy atom. The van der Waals surface area contributed by atoms with Crippen LogP contribution in [0.2, 0.25) is 0 Å². The number of nitrogens with zero attached hydrogens (tertiary/aromatic N) is 1. The summed E-state index contributed by atoms with van der Waals surface area (Å²) in [5.74, 6) is 1.04. The minimum atomic E-state index is -0.425. The summed E-state index contributed by atoms with van der Waals surface area (Å²) in [5, 5.41) is 9.71. The quantitative estimate of drug-likeness (QED) is 0.513. The number of methoxy groups -OCH3 is 1. The highest BCUT2D eigenvalue weighted by atomic mass is 16.5. The fourth-order valence-electron chi connectivity index (χ4n) is 2.70. The minimum Gasteiger partial charge on any atom is -0.497 e. The molecule has 0 aliphatic carbocycles. The molecule has 2 aromatic carbocycles. The maximum atomic E-state index is 12.0. The Kier molecular flexibility index (Phi) is 7.45. The molecule has 0 heterocycles. The molecule has 2 aromatic rings. The standard InChI is InChI=1S/C22H23NO4/c1-4-26-20-12-8-17(9-13-20)22(16-6-10-19(25-3)11-7-16)18(15-23)14-21(24)27-5-2/h6-13H,4-5,14H2,1-3H3/b22-18-. The SMILES string of the molecule is CCOC(=O)C/C(C#N)=C(\c1ccc(OC)cc1)c1ccc(OCC)cc1. The van der Waals surface area contributed by atoms with Crippen molar-refractivity contribution in [1.29, 1.82) is 5.26 Å². The molecule has 0 spiro atoms. The van der Waals surface area contributed by atoms with Gasteiger partial charge in [-0.3, -0.25) is 4.79 Å². The highest BCUT2D eigenvalue weighted by Gasteiger charge is 2.16. The third kappa shape index (κ3) is 5.35. The van der Waals surface area contributed by atoms with E-state index in [4.69, 9.17) is 14.2 Å². The molecule has 0 aromatic heterocycles. The molecule has 27 heavy (non-hydrogen) atoms. The van der Waals surface area contributed by atoms with E-state index in [1.165, 1.54) is 0 Å². The van der Waals surface area contributed by atoms with Crippen LogP contribution in [0.15, 0.2) is 54.1 Å². The van der Waals surface area contributed by atoms with Crippen molar-refractivity contribution >= 4 is 11.5 Å². The normalized spacial score (nSPS) is 11.2. The van der Waals surface area contributed by atoms with Gasteiger partial charge in [0.2, 0.25) is 0 Å². The van der Waals surface area contributed by atoms with Crippen LogP contribution in [0.5, 0.6) is 11.5 Å². The summed E-state index contributed by atoms with van der Waals surface area (Å²) in [6.07, 6.45) is -0.0844. The molecular weight excluding hydrogens is 342 g/mol. The number of carbonyl (C=O) groups is 1. The highest BCUT2D eigenvalue weighted by Crippen LogP contribution is 2.31. The number of hydrogen-bond donors (Lipinski definition) is 0. The van der Waals surface area contributed by atoms with Gasteiger partial charge in [-0.2, -0.15) is 5.26 Å². The van der Waals surface area contributed by atoms with Crippen LogP contribution in [0.1, 0.15) is 31.4 Å². The van der Waals surface area contributed by atoms with Crippen LogP contribution in [-0.2, 0) is 9.53 Å². The van der Waals surface area contributed by atoms with Crippen LogP contribution in [0.3, 0.4) is 0 Å². The van der Waals surface area contributed by atoms with Gasteiger partial charge in [0.1, 0.15) is 11.5 Å². The maximum Gasteiger partial charge on any atom is 0.311 e. The summed E-state index contributed by atoms with van der Waals surface area (Å²) < 4.78 is 15.7. The first-order valence-corrected chi connectivity index (χ1v) is 8.79. The van der Waals surface area contributed by atoms with E-state index in [1.807, 2.05) is 55.5 Å². The van der Waals surface area contributed by atoms with Gasteiger partial charge < -0.3 is 14.2 Å². The lowest BCUT2D eigenvalue weighted by Gasteiger charge is -2.13. The monoisotopic (exact) mass is 365 g/mol. The van der Waals surface area contributed by atoms with Crippen molar-refractivity contribution < 1.29 is 19.0 Å². The zero-order valence-electron chi connectivity index (χ0n) is 15.8. The summed E-state index contributed by atoms with van der Waals surface area (Å²) in [6, 6.07) is 17.0. The molecule has 0 radical (unpaired) electrons. The topological polar surface area (TPSA) is 68.6 Å². The Morgan fingerprint density at radius 2 is 1.48 bits per heavy atom. The van der Waals surface area contributed by atoms with E-state index in [-0.39, 0.29) is 13.0 Å². The molecule has 2 rings (SSSR count). The maximum absolute atomic E-state index is 12.0. The number of carbonyl (C=O) groups excluding carboxylic acids is 1. The lowest BCUT2D eigenvalue weighted by Crippen LogP contribution is -2.06.